The van der Waals surface area contributed by atoms with E-state index in [1.165, 1.54) is 6.92 Å². The lowest BCUT2D eigenvalue weighted by atomic mass is 9.88. The minimum Gasteiger partial charge on any atom is -0.396 e. The van der Waals surface area contributed by atoms with E-state index < -0.39 is 18.0 Å². The molecular weight excluding hydrogens is 394 g/mol. The molecule has 1 aromatic heterocycles. The summed E-state index contributed by atoms with van der Waals surface area (Å²) in [5.74, 6) is -1.12. The van der Waals surface area contributed by atoms with E-state index in [1.807, 2.05) is 49.4 Å². The van der Waals surface area contributed by atoms with Crippen LogP contribution >= 0.6 is 0 Å². The summed E-state index contributed by atoms with van der Waals surface area (Å²) in [7, 11) is 0. The van der Waals surface area contributed by atoms with E-state index in [1.54, 1.807) is 21.6 Å². The number of aliphatic hydroxyl groups is 1. The van der Waals surface area contributed by atoms with Gasteiger partial charge in [0, 0.05) is 49.7 Å². The number of hydrogen-bond donors (Lipinski definition) is 2. The Morgan fingerprint density at radius 2 is 1.90 bits per heavy atom. The van der Waals surface area contributed by atoms with Crippen LogP contribution in [-0.2, 0) is 16.1 Å². The molecule has 0 aliphatic carbocycles. The number of likely N-dealkylation sites (N-methyl/N-ethyl adjacent to an activating group) is 1. The molecule has 0 spiro atoms. The van der Waals surface area contributed by atoms with Crippen LogP contribution in [0.15, 0.2) is 47.3 Å². The highest BCUT2D eigenvalue weighted by atomic mass is 16.3. The summed E-state index contributed by atoms with van der Waals surface area (Å²) < 4.78 is 1.69. The predicted molar refractivity (Wildman–Crippen MR) is 118 cm³/mol. The van der Waals surface area contributed by atoms with Gasteiger partial charge in [-0.3, -0.25) is 14.4 Å². The third kappa shape index (κ3) is 3.59. The molecule has 2 aliphatic rings. The van der Waals surface area contributed by atoms with E-state index in [0.29, 0.717) is 24.3 Å². The van der Waals surface area contributed by atoms with Crippen LogP contribution in [0.1, 0.15) is 36.7 Å². The van der Waals surface area contributed by atoms with Gasteiger partial charge in [-0.1, -0.05) is 36.4 Å². The van der Waals surface area contributed by atoms with Crippen LogP contribution in [0.5, 0.6) is 0 Å². The first-order chi connectivity index (χ1) is 15.0. The van der Waals surface area contributed by atoms with Gasteiger partial charge in [-0.05, 0) is 30.7 Å². The number of rotatable bonds is 5. The lowest BCUT2D eigenvalue weighted by Gasteiger charge is -2.29. The molecule has 7 heteroatoms. The molecule has 4 rings (SSSR count). The molecule has 31 heavy (non-hydrogen) atoms. The summed E-state index contributed by atoms with van der Waals surface area (Å²) in [4.78, 5) is 40.0. The monoisotopic (exact) mass is 421 g/mol. The number of pyridine rings is 1. The lowest BCUT2D eigenvalue weighted by Crippen LogP contribution is -2.49. The van der Waals surface area contributed by atoms with Crippen LogP contribution in [0.3, 0.4) is 0 Å². The highest BCUT2D eigenvalue weighted by Crippen LogP contribution is 2.49. The van der Waals surface area contributed by atoms with E-state index >= 15 is 0 Å². The van der Waals surface area contributed by atoms with E-state index in [9.17, 15) is 19.5 Å². The Morgan fingerprint density at radius 3 is 2.55 bits per heavy atom. The SMILES string of the molecule is CCNC(=O)[C@H]1[C@H](CO)[C@H]2Cn3c(ccc(/C=C/c4ccccc4)c3=O)[C@H]2N1C(C)=O. The number of amides is 2. The number of hydrogen-bond acceptors (Lipinski definition) is 4. The second kappa shape index (κ2) is 8.51. The van der Waals surface area contributed by atoms with Gasteiger partial charge in [0.1, 0.15) is 6.04 Å². The fourth-order valence-corrected chi connectivity index (χ4v) is 5.02. The maximum Gasteiger partial charge on any atom is 0.258 e. The van der Waals surface area contributed by atoms with Gasteiger partial charge < -0.3 is 19.9 Å². The summed E-state index contributed by atoms with van der Waals surface area (Å²) in [5, 5.41) is 12.9. The first kappa shape index (κ1) is 21.1. The van der Waals surface area contributed by atoms with Crippen LogP contribution in [0.4, 0.5) is 0 Å². The Balaban J connectivity index is 1.72. The highest BCUT2D eigenvalue weighted by molar-refractivity contribution is 5.88. The molecule has 4 atom stereocenters. The standard InChI is InChI=1S/C24H27N3O4/c1-3-25-23(30)22-19(14-28)18-13-26-20(21(18)27(22)15(2)29)12-11-17(24(26)31)10-9-16-7-5-4-6-8-16/h4-12,18-19,21-22,28H,3,13-14H2,1-2H3,(H,25,30)/b10-9+/t18-,19-,21+,22-/m1/s1. The minimum absolute atomic E-state index is 0.131. The Kier molecular flexibility index (Phi) is 5.78. The quantitative estimate of drug-likeness (QED) is 0.768. The number of likely N-dealkylation sites (tertiary alicyclic amines) is 1. The van der Waals surface area contributed by atoms with Gasteiger partial charge in [0.05, 0.1) is 6.04 Å². The van der Waals surface area contributed by atoms with Crippen molar-refractivity contribution in [1.82, 2.24) is 14.8 Å². The van der Waals surface area contributed by atoms with Gasteiger partial charge in [0.25, 0.3) is 5.56 Å². The average Bonchev–Trinajstić information content (AvgIpc) is 3.29. The summed E-state index contributed by atoms with van der Waals surface area (Å²) >= 11 is 0. The predicted octanol–water partition coefficient (Wildman–Crippen LogP) is 1.66. The van der Waals surface area contributed by atoms with Crippen LogP contribution in [0.2, 0.25) is 0 Å². The van der Waals surface area contributed by atoms with Gasteiger partial charge in [-0.15, -0.1) is 0 Å². The third-order valence-electron chi connectivity index (χ3n) is 6.34. The Morgan fingerprint density at radius 1 is 1.16 bits per heavy atom. The summed E-state index contributed by atoms with van der Waals surface area (Å²) in [5.41, 5.74) is 2.14. The molecule has 1 aromatic carbocycles. The smallest absolute Gasteiger partial charge is 0.258 e. The molecule has 2 N–H and O–H groups in total. The number of carbonyl (C=O) groups excluding carboxylic acids is 2. The van der Waals surface area contributed by atoms with Crippen molar-refractivity contribution >= 4 is 24.0 Å². The van der Waals surface area contributed by atoms with Gasteiger partial charge in [0.2, 0.25) is 11.8 Å². The van der Waals surface area contributed by atoms with Crippen molar-refractivity contribution in [2.75, 3.05) is 13.2 Å². The van der Waals surface area contributed by atoms with Gasteiger partial charge >= 0.3 is 0 Å². The van der Waals surface area contributed by atoms with E-state index in [4.69, 9.17) is 0 Å². The second-order valence-corrected chi connectivity index (χ2v) is 8.09. The zero-order valence-electron chi connectivity index (χ0n) is 17.7. The van der Waals surface area contributed by atoms with Gasteiger partial charge in [-0.2, -0.15) is 0 Å². The van der Waals surface area contributed by atoms with Crippen molar-refractivity contribution in [3.63, 3.8) is 0 Å². The van der Waals surface area contributed by atoms with E-state index in [2.05, 4.69) is 5.32 Å². The van der Waals surface area contributed by atoms with Crippen molar-refractivity contribution in [3.05, 3.63) is 69.6 Å². The molecule has 162 valence electrons. The normalized spacial score (nSPS) is 24.3. The van der Waals surface area contributed by atoms with Crippen molar-refractivity contribution in [1.29, 1.82) is 0 Å². The Bertz CT molecular complexity index is 1080. The van der Waals surface area contributed by atoms with Gasteiger partial charge in [-0.25, -0.2) is 0 Å². The molecule has 1 saturated heterocycles. The number of fused-ring (bicyclic) bond motifs is 3. The third-order valence-corrected chi connectivity index (χ3v) is 6.34. The molecule has 3 heterocycles. The van der Waals surface area contributed by atoms with E-state index in [-0.39, 0.29) is 29.9 Å². The van der Waals surface area contributed by atoms with Gasteiger partial charge in [0.15, 0.2) is 0 Å². The van der Waals surface area contributed by atoms with Crippen molar-refractivity contribution in [2.24, 2.45) is 11.8 Å². The number of nitrogens with zero attached hydrogens (tertiary/aromatic N) is 2. The zero-order chi connectivity index (χ0) is 22.1. The van der Waals surface area contributed by atoms with Crippen LogP contribution in [0, 0.1) is 11.8 Å². The number of aromatic nitrogens is 1. The van der Waals surface area contributed by atoms with Crippen molar-refractivity contribution in [3.8, 4) is 0 Å². The highest BCUT2D eigenvalue weighted by Gasteiger charge is 2.56. The number of carbonyl (C=O) groups is 2. The lowest BCUT2D eigenvalue weighted by molar-refractivity contribution is -0.140. The first-order valence-electron chi connectivity index (χ1n) is 10.6. The molecule has 2 aromatic rings. The van der Waals surface area contributed by atoms with Crippen molar-refractivity contribution < 1.29 is 14.7 Å². The molecule has 2 aliphatic heterocycles. The molecule has 7 nitrogen and oxygen atoms in total. The molecule has 0 radical (unpaired) electrons. The van der Waals surface area contributed by atoms with Crippen LogP contribution in [0.25, 0.3) is 12.2 Å². The molecular formula is C24H27N3O4. The molecule has 0 unspecified atom stereocenters. The summed E-state index contributed by atoms with van der Waals surface area (Å²) in [6.45, 7) is 3.84. The molecule has 0 saturated carbocycles. The van der Waals surface area contributed by atoms with Crippen LogP contribution in [-0.4, -0.2) is 45.6 Å². The first-order valence-corrected chi connectivity index (χ1v) is 10.6. The number of aliphatic hydroxyl groups excluding tert-OH is 1. The van der Waals surface area contributed by atoms with Crippen molar-refractivity contribution in [2.45, 2.75) is 32.5 Å². The fraction of sp³-hybridized carbons (Fsp3) is 0.375. The Hall–Kier alpha value is -3.19. The topological polar surface area (TPSA) is 91.6 Å². The summed E-state index contributed by atoms with van der Waals surface area (Å²) in [6, 6.07) is 12.2. The largest absolute Gasteiger partial charge is 0.396 e. The fourth-order valence-electron chi connectivity index (χ4n) is 5.02. The van der Waals surface area contributed by atoms with E-state index in [0.717, 1.165) is 5.56 Å². The molecule has 2 amide bonds. The summed E-state index contributed by atoms with van der Waals surface area (Å²) in [6.07, 6.45) is 3.69. The zero-order valence-corrected chi connectivity index (χ0v) is 17.7. The minimum atomic E-state index is -0.737. The maximum absolute atomic E-state index is 13.2. The number of benzene rings is 1. The second-order valence-electron chi connectivity index (χ2n) is 8.09. The van der Waals surface area contributed by atoms with Crippen LogP contribution < -0.4 is 10.9 Å². The Labute approximate surface area is 181 Å². The number of nitrogens with one attached hydrogen (secondary N) is 1. The molecule has 0 bridgehead atoms. The molecule has 1 fully saturated rings. The maximum atomic E-state index is 13.2. The average molecular weight is 421 g/mol.